The van der Waals surface area contributed by atoms with E-state index < -0.39 is 15.2 Å². The minimum absolute atomic E-state index is 0.00375. The van der Waals surface area contributed by atoms with Crippen molar-refractivity contribution < 1.29 is 28.7 Å². The molecule has 0 amide bonds. The molecule has 13 heavy (non-hydrogen) atoms. The van der Waals surface area contributed by atoms with Crippen LogP contribution < -0.4 is 0 Å². The van der Waals surface area contributed by atoms with Gasteiger partial charge >= 0.3 is 15.2 Å². The van der Waals surface area contributed by atoms with E-state index in [1.807, 2.05) is 0 Å². The fourth-order valence-electron chi connectivity index (χ4n) is 0.532. The Bertz CT molecular complexity index is 264. The largest absolute Gasteiger partial charge is 0.366 e. The Balaban J connectivity index is 3.65. The molecule has 0 unspecified atom stereocenters. The predicted molar refractivity (Wildman–Crippen MR) is 46.9 cm³/mol. The first-order valence-corrected chi connectivity index (χ1v) is 6.79. The Morgan fingerprint density at radius 3 is 2.08 bits per heavy atom. The summed E-state index contributed by atoms with van der Waals surface area (Å²) in [7, 11) is -8.25. The topological polar surface area (TPSA) is 127 Å². The van der Waals surface area contributed by atoms with Gasteiger partial charge < -0.3 is 19.6 Å². The summed E-state index contributed by atoms with van der Waals surface area (Å²) in [6.45, 7) is -0.00375. The molecule has 0 aliphatic rings. The van der Waals surface area contributed by atoms with Crippen LogP contribution in [0, 0.1) is 0 Å². The van der Waals surface area contributed by atoms with Gasteiger partial charge in [-0.05, 0) is 6.42 Å². The molecule has 0 aromatic rings. The lowest BCUT2D eigenvalue weighted by Gasteiger charge is -2.00. The quantitative estimate of drug-likeness (QED) is 0.293. The summed E-state index contributed by atoms with van der Waals surface area (Å²) in [6, 6.07) is 0. The second kappa shape index (κ2) is 5.00. The van der Waals surface area contributed by atoms with Gasteiger partial charge in [0.2, 0.25) is 0 Å². The average molecular weight is 231 g/mol. The highest BCUT2D eigenvalue weighted by molar-refractivity contribution is 7.67. The van der Waals surface area contributed by atoms with E-state index in [1.165, 1.54) is 0 Å². The molecule has 78 valence electrons. The van der Waals surface area contributed by atoms with Crippen molar-refractivity contribution >= 4 is 21.1 Å². The Morgan fingerprint density at radius 2 is 1.69 bits per heavy atom. The maximum atomic E-state index is 10.3. The van der Waals surface area contributed by atoms with Gasteiger partial charge in [-0.15, -0.1) is 0 Å². The molecule has 0 saturated heterocycles. The van der Waals surface area contributed by atoms with Gasteiger partial charge in [-0.1, -0.05) is 0 Å². The van der Waals surface area contributed by atoms with E-state index in [4.69, 9.17) is 19.6 Å². The monoisotopic (exact) mass is 231 g/mol. The predicted octanol–water partition coefficient (Wildman–Crippen LogP) is -0.240. The molecule has 0 aliphatic heterocycles. The van der Waals surface area contributed by atoms with Gasteiger partial charge in [-0.25, -0.2) is 0 Å². The second-order valence-electron chi connectivity index (χ2n) is 2.35. The molecule has 0 radical (unpaired) electrons. The third kappa shape index (κ3) is 12.0. The lowest BCUT2D eigenvalue weighted by Crippen LogP contribution is -1.91. The van der Waals surface area contributed by atoms with Crippen molar-refractivity contribution in [3.8, 4) is 0 Å². The van der Waals surface area contributed by atoms with Crippen LogP contribution in [0.1, 0.15) is 6.42 Å². The third-order valence-electron chi connectivity index (χ3n) is 0.969. The number of aliphatic imine (C=N–C) groups is 1. The van der Waals surface area contributed by atoms with E-state index in [0.29, 0.717) is 5.96 Å². The molecule has 0 rings (SSSR count). The number of hydrogen-bond acceptors (Lipinski definition) is 3. The lowest BCUT2D eigenvalue weighted by molar-refractivity contribution is 0.372. The van der Waals surface area contributed by atoms with E-state index in [0.717, 1.165) is 0 Å². The Labute approximate surface area is 74.8 Å². The molecule has 9 heteroatoms. The van der Waals surface area contributed by atoms with E-state index in [1.54, 1.807) is 0 Å². The van der Waals surface area contributed by atoms with Crippen molar-refractivity contribution in [3.05, 3.63) is 0 Å². The van der Waals surface area contributed by atoms with Crippen molar-refractivity contribution in [2.45, 2.75) is 6.42 Å². The molecule has 0 saturated carbocycles. The fraction of sp³-hybridized carbons (Fsp3) is 0.750. The van der Waals surface area contributed by atoms with Crippen LogP contribution in [0.15, 0.2) is 4.99 Å². The molecular formula is C4H11NO6P2. The summed E-state index contributed by atoms with van der Waals surface area (Å²) in [4.78, 5) is 36.6. The van der Waals surface area contributed by atoms with E-state index in [9.17, 15) is 9.13 Å². The summed E-state index contributed by atoms with van der Waals surface area (Å²) in [6.07, 6.45) is -0.230. The number of hydrogen-bond donors (Lipinski definition) is 4. The molecule has 0 spiro atoms. The lowest BCUT2D eigenvalue weighted by atomic mass is 10.5. The highest BCUT2D eigenvalue weighted by atomic mass is 31.2. The van der Waals surface area contributed by atoms with Gasteiger partial charge in [0.1, 0.15) is 5.96 Å². The van der Waals surface area contributed by atoms with Gasteiger partial charge in [0.15, 0.2) is 0 Å². The summed E-state index contributed by atoms with van der Waals surface area (Å²) < 4.78 is 20.5. The first-order valence-electron chi connectivity index (χ1n) is 3.31. The first kappa shape index (κ1) is 13.0. The van der Waals surface area contributed by atoms with Crippen molar-refractivity contribution in [2.24, 2.45) is 4.99 Å². The molecule has 0 aromatic carbocycles. The molecule has 7 nitrogen and oxygen atoms in total. The van der Waals surface area contributed by atoms with Crippen LogP contribution in [-0.4, -0.2) is 38.2 Å². The molecule has 0 heterocycles. The Morgan fingerprint density at radius 1 is 1.15 bits per heavy atom. The zero-order valence-electron chi connectivity index (χ0n) is 6.65. The number of rotatable bonds is 5. The zero-order chi connectivity index (χ0) is 10.5. The normalized spacial score (nSPS) is 13.8. The maximum absolute atomic E-state index is 10.3. The minimum Gasteiger partial charge on any atom is -0.324 e. The minimum atomic E-state index is -4.23. The maximum Gasteiger partial charge on any atom is 0.366 e. The van der Waals surface area contributed by atoms with Crippen LogP contribution in [0.5, 0.6) is 0 Å². The van der Waals surface area contributed by atoms with E-state index in [2.05, 4.69) is 4.99 Å². The number of nitrogens with zero attached hydrogens (tertiary/aromatic N) is 1. The second-order valence-corrected chi connectivity index (χ2v) is 5.54. The van der Waals surface area contributed by atoms with Gasteiger partial charge in [-0.2, -0.15) is 0 Å². The fourth-order valence-corrected chi connectivity index (χ4v) is 1.41. The van der Waals surface area contributed by atoms with Gasteiger partial charge in [0.25, 0.3) is 0 Å². The molecule has 0 atom stereocenters. The Hall–Kier alpha value is -0.0300. The molecule has 0 fully saturated rings. The average Bonchev–Trinajstić information content (AvgIpc) is 1.81. The van der Waals surface area contributed by atoms with Crippen LogP contribution in [0.3, 0.4) is 0 Å². The van der Waals surface area contributed by atoms with E-state index in [-0.39, 0.29) is 19.1 Å². The molecule has 0 aliphatic carbocycles. The zero-order valence-corrected chi connectivity index (χ0v) is 8.43. The van der Waals surface area contributed by atoms with Crippen LogP contribution in [0.25, 0.3) is 0 Å². The van der Waals surface area contributed by atoms with Gasteiger partial charge in [-0.3, -0.25) is 14.1 Å². The standard InChI is InChI=1S/C4H11NO6P2/c6-12(7,8)3-1-2-5-4-13(9,10)11/h4H,1-3H2,(H2,6,7,8)(H2,9,10,11). The highest BCUT2D eigenvalue weighted by Crippen LogP contribution is 2.35. The molecule has 4 N–H and O–H groups in total. The van der Waals surface area contributed by atoms with E-state index >= 15 is 0 Å². The van der Waals surface area contributed by atoms with Crippen molar-refractivity contribution in [1.29, 1.82) is 0 Å². The summed E-state index contributed by atoms with van der Waals surface area (Å²) >= 11 is 0. The third-order valence-corrected chi connectivity index (χ3v) is 2.33. The van der Waals surface area contributed by atoms with Crippen molar-refractivity contribution in [1.82, 2.24) is 0 Å². The van der Waals surface area contributed by atoms with Crippen molar-refractivity contribution in [2.75, 3.05) is 12.7 Å². The Kier molecular flexibility index (Phi) is 4.99. The SMILES string of the molecule is O=P(O)(O)C=NCCCP(=O)(O)O. The van der Waals surface area contributed by atoms with Crippen LogP contribution in [0.4, 0.5) is 0 Å². The van der Waals surface area contributed by atoms with Crippen LogP contribution >= 0.6 is 15.2 Å². The summed E-state index contributed by atoms with van der Waals surface area (Å²) in [5.41, 5.74) is 0. The summed E-state index contributed by atoms with van der Waals surface area (Å²) in [5.74, 6) is 0.479. The van der Waals surface area contributed by atoms with Crippen LogP contribution in [-0.2, 0) is 9.13 Å². The summed E-state index contributed by atoms with van der Waals surface area (Å²) in [5, 5.41) is 0. The van der Waals surface area contributed by atoms with Gasteiger partial charge in [0, 0.05) is 6.54 Å². The van der Waals surface area contributed by atoms with Crippen molar-refractivity contribution in [3.63, 3.8) is 0 Å². The molecule has 0 aromatic heterocycles. The molecule has 0 bridgehead atoms. The smallest absolute Gasteiger partial charge is 0.324 e. The first-order chi connectivity index (χ1) is 5.71. The van der Waals surface area contributed by atoms with Gasteiger partial charge in [0.05, 0.1) is 6.16 Å². The molecular weight excluding hydrogens is 220 g/mol. The highest BCUT2D eigenvalue weighted by Gasteiger charge is 2.11. The van der Waals surface area contributed by atoms with Crippen LogP contribution in [0.2, 0.25) is 0 Å².